The molecular weight excluding hydrogens is 272 g/mol. The summed E-state index contributed by atoms with van der Waals surface area (Å²) in [7, 11) is 4.14. The third-order valence-electron chi connectivity index (χ3n) is 5.63. The van der Waals surface area contributed by atoms with Gasteiger partial charge in [-0.2, -0.15) is 0 Å². The minimum atomic E-state index is 0.236. The van der Waals surface area contributed by atoms with Crippen LogP contribution in [0.2, 0.25) is 0 Å². The third kappa shape index (κ3) is 3.52. The molecule has 1 aromatic carbocycles. The quantitative estimate of drug-likeness (QED) is 0.875. The summed E-state index contributed by atoms with van der Waals surface area (Å²) in [5, 5.41) is 3.17. The summed E-state index contributed by atoms with van der Waals surface area (Å²) in [6, 6.07) is 10.7. The van der Waals surface area contributed by atoms with Gasteiger partial charge in [0, 0.05) is 13.0 Å². The maximum atomic E-state index is 12.3. The Labute approximate surface area is 134 Å². The number of carbonyl (C=O) groups excluding carboxylic acids is 1. The standard InChI is InChI=1S/C19H28N2O/c1-21(2)18(15-6-4-3-5-7-15)13-20-19(22)12-17-11-14-8-9-16(17)10-14/h3-7,14,16-18H,8-13H2,1-2H3,(H,20,22). The number of hydrogen-bond donors (Lipinski definition) is 1. The van der Waals surface area contributed by atoms with Crippen molar-refractivity contribution in [3.8, 4) is 0 Å². The minimum absolute atomic E-state index is 0.236. The molecule has 0 heterocycles. The SMILES string of the molecule is CN(C)C(CNC(=O)CC1CC2CCC1C2)c1ccccc1. The highest BCUT2D eigenvalue weighted by Gasteiger charge is 2.40. The summed E-state index contributed by atoms with van der Waals surface area (Å²) in [6.07, 6.45) is 6.15. The van der Waals surface area contributed by atoms with Gasteiger partial charge in [-0.1, -0.05) is 36.8 Å². The second-order valence-electron chi connectivity index (χ2n) is 7.33. The molecular formula is C19H28N2O. The van der Waals surface area contributed by atoms with Gasteiger partial charge >= 0.3 is 0 Å². The number of amides is 1. The van der Waals surface area contributed by atoms with Crippen LogP contribution in [0.4, 0.5) is 0 Å². The summed E-state index contributed by atoms with van der Waals surface area (Å²) in [4.78, 5) is 14.5. The predicted molar refractivity (Wildman–Crippen MR) is 89.4 cm³/mol. The van der Waals surface area contributed by atoms with Gasteiger partial charge < -0.3 is 10.2 Å². The Hall–Kier alpha value is -1.35. The zero-order valence-electron chi connectivity index (χ0n) is 13.8. The first-order valence-electron chi connectivity index (χ1n) is 8.61. The highest BCUT2D eigenvalue weighted by Crippen LogP contribution is 2.49. The largest absolute Gasteiger partial charge is 0.354 e. The van der Waals surface area contributed by atoms with Crippen molar-refractivity contribution in [1.82, 2.24) is 10.2 Å². The molecule has 2 bridgehead atoms. The molecule has 0 radical (unpaired) electrons. The van der Waals surface area contributed by atoms with Gasteiger partial charge in [-0.3, -0.25) is 4.79 Å². The average molecular weight is 300 g/mol. The van der Waals surface area contributed by atoms with Crippen molar-refractivity contribution in [3.05, 3.63) is 35.9 Å². The summed E-state index contributed by atoms with van der Waals surface area (Å²) in [5.74, 6) is 2.63. The number of benzene rings is 1. The summed E-state index contributed by atoms with van der Waals surface area (Å²) in [6.45, 7) is 0.691. The molecule has 2 aliphatic rings. The second kappa shape index (κ2) is 6.82. The molecule has 1 N–H and O–H groups in total. The lowest BCUT2D eigenvalue weighted by Gasteiger charge is -2.26. The second-order valence-corrected chi connectivity index (χ2v) is 7.33. The fraction of sp³-hybridized carbons (Fsp3) is 0.632. The number of fused-ring (bicyclic) bond motifs is 2. The Morgan fingerprint density at radius 1 is 1.23 bits per heavy atom. The van der Waals surface area contributed by atoms with Crippen molar-refractivity contribution in [1.29, 1.82) is 0 Å². The van der Waals surface area contributed by atoms with Crippen LogP contribution in [-0.4, -0.2) is 31.4 Å². The van der Waals surface area contributed by atoms with Crippen LogP contribution in [-0.2, 0) is 4.79 Å². The van der Waals surface area contributed by atoms with Gasteiger partial charge in [-0.15, -0.1) is 0 Å². The molecule has 1 amide bonds. The zero-order chi connectivity index (χ0) is 15.5. The van der Waals surface area contributed by atoms with Crippen molar-refractivity contribution in [2.45, 2.75) is 38.1 Å². The van der Waals surface area contributed by atoms with Crippen molar-refractivity contribution in [2.75, 3.05) is 20.6 Å². The van der Waals surface area contributed by atoms with Gasteiger partial charge in [-0.25, -0.2) is 0 Å². The van der Waals surface area contributed by atoms with Crippen molar-refractivity contribution >= 4 is 5.91 Å². The van der Waals surface area contributed by atoms with Crippen LogP contribution in [0.15, 0.2) is 30.3 Å². The zero-order valence-corrected chi connectivity index (χ0v) is 13.8. The number of carbonyl (C=O) groups is 1. The van der Waals surface area contributed by atoms with Crippen LogP contribution in [0, 0.1) is 17.8 Å². The van der Waals surface area contributed by atoms with Gasteiger partial charge in [0.05, 0.1) is 6.04 Å². The van der Waals surface area contributed by atoms with Gasteiger partial charge in [0.2, 0.25) is 5.91 Å². The predicted octanol–water partition coefficient (Wildman–Crippen LogP) is 3.23. The molecule has 2 aliphatic carbocycles. The van der Waals surface area contributed by atoms with Gasteiger partial charge in [-0.05, 0) is 56.7 Å². The molecule has 120 valence electrons. The average Bonchev–Trinajstić information content (AvgIpc) is 3.11. The molecule has 0 aromatic heterocycles. The molecule has 0 aliphatic heterocycles. The van der Waals surface area contributed by atoms with E-state index in [1.165, 1.54) is 31.2 Å². The van der Waals surface area contributed by atoms with E-state index in [0.29, 0.717) is 12.5 Å². The first kappa shape index (κ1) is 15.5. The normalized spacial score (nSPS) is 28.0. The van der Waals surface area contributed by atoms with Gasteiger partial charge in [0.15, 0.2) is 0 Å². The fourth-order valence-corrected chi connectivity index (χ4v) is 4.42. The minimum Gasteiger partial charge on any atom is -0.354 e. The Morgan fingerprint density at radius 2 is 2.00 bits per heavy atom. The lowest BCUT2D eigenvalue weighted by molar-refractivity contribution is -0.122. The van der Waals surface area contributed by atoms with Crippen LogP contribution >= 0.6 is 0 Å². The van der Waals surface area contributed by atoms with E-state index in [1.807, 2.05) is 6.07 Å². The van der Waals surface area contributed by atoms with E-state index in [2.05, 4.69) is 48.6 Å². The topological polar surface area (TPSA) is 32.3 Å². The molecule has 4 atom stereocenters. The van der Waals surface area contributed by atoms with Crippen LogP contribution in [0.25, 0.3) is 0 Å². The monoisotopic (exact) mass is 300 g/mol. The molecule has 1 aromatic rings. The Balaban J connectivity index is 1.50. The fourth-order valence-electron chi connectivity index (χ4n) is 4.42. The van der Waals surface area contributed by atoms with E-state index in [9.17, 15) is 4.79 Å². The molecule has 2 fully saturated rings. The number of nitrogens with one attached hydrogen (secondary N) is 1. The van der Waals surface area contributed by atoms with Crippen molar-refractivity contribution < 1.29 is 4.79 Å². The summed E-state index contributed by atoms with van der Waals surface area (Å²) < 4.78 is 0. The van der Waals surface area contributed by atoms with E-state index in [1.54, 1.807) is 0 Å². The molecule has 0 saturated heterocycles. The van der Waals surface area contributed by atoms with Gasteiger partial charge in [0.1, 0.15) is 0 Å². The van der Waals surface area contributed by atoms with E-state index in [-0.39, 0.29) is 11.9 Å². The maximum absolute atomic E-state index is 12.3. The van der Waals surface area contributed by atoms with Crippen LogP contribution in [0.1, 0.15) is 43.7 Å². The maximum Gasteiger partial charge on any atom is 0.220 e. The van der Waals surface area contributed by atoms with Gasteiger partial charge in [0.25, 0.3) is 0 Å². The van der Waals surface area contributed by atoms with Crippen LogP contribution < -0.4 is 5.32 Å². The van der Waals surface area contributed by atoms with E-state index < -0.39 is 0 Å². The summed E-state index contributed by atoms with van der Waals surface area (Å²) >= 11 is 0. The molecule has 0 spiro atoms. The van der Waals surface area contributed by atoms with Crippen LogP contribution in [0.3, 0.4) is 0 Å². The van der Waals surface area contributed by atoms with E-state index >= 15 is 0 Å². The molecule has 3 heteroatoms. The Morgan fingerprint density at radius 3 is 2.59 bits per heavy atom. The smallest absolute Gasteiger partial charge is 0.220 e. The number of nitrogens with zero attached hydrogens (tertiary/aromatic N) is 1. The number of rotatable bonds is 6. The van der Waals surface area contributed by atoms with Crippen molar-refractivity contribution in [3.63, 3.8) is 0 Å². The summed E-state index contributed by atoms with van der Waals surface area (Å²) in [5.41, 5.74) is 1.26. The molecule has 4 unspecified atom stereocenters. The number of likely N-dealkylation sites (N-methyl/N-ethyl adjacent to an activating group) is 1. The van der Waals surface area contributed by atoms with E-state index in [0.717, 1.165) is 18.3 Å². The Kier molecular flexibility index (Phi) is 4.82. The Bertz CT molecular complexity index is 499. The third-order valence-corrected chi connectivity index (χ3v) is 5.63. The number of hydrogen-bond acceptors (Lipinski definition) is 2. The molecule has 3 nitrogen and oxygen atoms in total. The highest BCUT2D eigenvalue weighted by molar-refractivity contribution is 5.76. The highest BCUT2D eigenvalue weighted by atomic mass is 16.1. The molecule has 22 heavy (non-hydrogen) atoms. The lowest BCUT2D eigenvalue weighted by atomic mass is 9.86. The molecule has 2 saturated carbocycles. The first-order valence-corrected chi connectivity index (χ1v) is 8.61. The first-order chi connectivity index (χ1) is 10.6. The lowest BCUT2D eigenvalue weighted by Crippen LogP contribution is -2.35. The van der Waals surface area contributed by atoms with E-state index in [4.69, 9.17) is 0 Å². The van der Waals surface area contributed by atoms with Crippen LogP contribution in [0.5, 0.6) is 0 Å². The van der Waals surface area contributed by atoms with Crippen molar-refractivity contribution in [2.24, 2.45) is 17.8 Å². The molecule has 3 rings (SSSR count).